The predicted octanol–water partition coefficient (Wildman–Crippen LogP) is 4.62. The van der Waals surface area contributed by atoms with Crippen molar-refractivity contribution >= 4 is 57.2 Å². The largest absolute Gasteiger partial charge is 0.377 e. The number of hydrogen-bond acceptors (Lipinski definition) is 5. The van der Waals surface area contributed by atoms with E-state index in [-0.39, 0.29) is 0 Å². The van der Waals surface area contributed by atoms with Gasteiger partial charge in [0.25, 0.3) is 0 Å². The molecule has 0 radical (unpaired) electrons. The molecule has 0 N–H and O–H groups in total. The van der Waals surface area contributed by atoms with Gasteiger partial charge in [-0.2, -0.15) is 0 Å². The number of fused-ring (bicyclic) bond motifs is 1. The number of benzene rings is 1. The molecular weight excluding hydrogens is 368 g/mol. The van der Waals surface area contributed by atoms with E-state index in [1.54, 1.807) is 12.5 Å². The summed E-state index contributed by atoms with van der Waals surface area (Å²) in [6, 6.07) is 9.65. The van der Waals surface area contributed by atoms with Crippen LogP contribution in [-0.4, -0.2) is 43.7 Å². The third-order valence-corrected chi connectivity index (χ3v) is 5.11. The van der Waals surface area contributed by atoms with Gasteiger partial charge in [0.05, 0.1) is 28.0 Å². The number of halogens is 1. The van der Waals surface area contributed by atoms with Crippen molar-refractivity contribution in [2.24, 2.45) is 4.99 Å². The van der Waals surface area contributed by atoms with E-state index in [2.05, 4.69) is 9.98 Å². The highest BCUT2D eigenvalue weighted by molar-refractivity contribution is 7.21. The Morgan fingerprint density at radius 1 is 1.27 bits per heavy atom. The smallest absolute Gasteiger partial charge is 0.162 e. The molecule has 0 aliphatic rings. The van der Waals surface area contributed by atoms with Crippen molar-refractivity contribution in [2.75, 3.05) is 26.0 Å². The second-order valence-electron chi connectivity index (χ2n) is 6.13. The quantitative estimate of drug-likeness (QED) is 0.352. The Kier molecular flexibility index (Phi) is 5.54. The van der Waals surface area contributed by atoms with Crippen LogP contribution >= 0.6 is 22.9 Å². The van der Waals surface area contributed by atoms with Crippen LogP contribution in [0.5, 0.6) is 0 Å². The Hall–Kier alpha value is -2.44. The summed E-state index contributed by atoms with van der Waals surface area (Å²) in [5, 5.41) is 1.61. The fourth-order valence-electron chi connectivity index (χ4n) is 2.71. The zero-order valence-corrected chi connectivity index (χ0v) is 16.4. The number of aromatic nitrogens is 1. The average molecular weight is 387 g/mol. The van der Waals surface area contributed by atoms with E-state index in [9.17, 15) is 4.79 Å². The molecule has 1 aromatic carbocycles. The van der Waals surface area contributed by atoms with Gasteiger partial charge in [-0.3, -0.25) is 4.79 Å². The molecule has 0 bridgehead atoms. The number of pyridine rings is 1. The topological polar surface area (TPSA) is 48.8 Å². The van der Waals surface area contributed by atoms with E-state index in [0.29, 0.717) is 22.1 Å². The number of rotatable bonds is 6. The SMILES string of the molecule is CN(C=Nc1c(C=O)sc2nccc(N(C)C)c12)Cc1cccc(Cl)c1. The molecule has 0 atom stereocenters. The summed E-state index contributed by atoms with van der Waals surface area (Å²) in [5.74, 6) is 0. The lowest BCUT2D eigenvalue weighted by atomic mass is 10.2. The number of carbonyl (C=O) groups is 1. The molecule has 26 heavy (non-hydrogen) atoms. The maximum absolute atomic E-state index is 11.5. The Morgan fingerprint density at radius 2 is 2.08 bits per heavy atom. The molecule has 0 saturated heterocycles. The molecule has 3 rings (SSSR count). The van der Waals surface area contributed by atoms with Gasteiger partial charge < -0.3 is 9.80 Å². The van der Waals surface area contributed by atoms with Crippen molar-refractivity contribution in [2.45, 2.75) is 6.54 Å². The van der Waals surface area contributed by atoms with Gasteiger partial charge in [0.15, 0.2) is 6.29 Å². The molecule has 0 aliphatic heterocycles. The number of thiophene rings is 1. The van der Waals surface area contributed by atoms with Crippen LogP contribution < -0.4 is 4.90 Å². The molecule has 0 unspecified atom stereocenters. The minimum Gasteiger partial charge on any atom is -0.377 e. The van der Waals surface area contributed by atoms with E-state index in [4.69, 9.17) is 11.6 Å². The van der Waals surface area contributed by atoms with Gasteiger partial charge in [-0.1, -0.05) is 23.7 Å². The molecular formula is C19H19ClN4OS. The van der Waals surface area contributed by atoms with Crippen molar-refractivity contribution < 1.29 is 4.79 Å². The van der Waals surface area contributed by atoms with E-state index in [0.717, 1.165) is 27.8 Å². The first-order valence-corrected chi connectivity index (χ1v) is 9.22. The predicted molar refractivity (Wildman–Crippen MR) is 110 cm³/mol. The van der Waals surface area contributed by atoms with Crippen LogP contribution in [0, 0.1) is 0 Å². The number of carbonyl (C=O) groups excluding carboxylic acids is 1. The highest BCUT2D eigenvalue weighted by Gasteiger charge is 2.16. The molecule has 0 amide bonds. The van der Waals surface area contributed by atoms with Crippen LogP contribution in [0.4, 0.5) is 11.4 Å². The van der Waals surface area contributed by atoms with Gasteiger partial charge in [0.1, 0.15) is 4.83 Å². The van der Waals surface area contributed by atoms with Crippen LogP contribution in [-0.2, 0) is 6.54 Å². The molecule has 5 nitrogen and oxygen atoms in total. The zero-order valence-electron chi connectivity index (χ0n) is 14.8. The summed E-state index contributed by atoms with van der Waals surface area (Å²) in [6.45, 7) is 0.668. The van der Waals surface area contributed by atoms with Gasteiger partial charge in [0, 0.05) is 38.9 Å². The molecule has 3 aromatic rings. The third-order valence-electron chi connectivity index (χ3n) is 3.86. The zero-order chi connectivity index (χ0) is 18.7. The molecule has 2 aromatic heterocycles. The summed E-state index contributed by atoms with van der Waals surface area (Å²) in [5.41, 5.74) is 2.74. The van der Waals surface area contributed by atoms with Crippen molar-refractivity contribution in [3.63, 3.8) is 0 Å². The van der Waals surface area contributed by atoms with Crippen molar-refractivity contribution in [3.8, 4) is 0 Å². The maximum atomic E-state index is 11.5. The second kappa shape index (κ2) is 7.85. The molecule has 0 spiro atoms. The van der Waals surface area contributed by atoms with Crippen LogP contribution in [0.3, 0.4) is 0 Å². The summed E-state index contributed by atoms with van der Waals surface area (Å²) in [7, 11) is 5.86. The number of aldehydes is 1. The Morgan fingerprint density at radius 3 is 2.77 bits per heavy atom. The lowest BCUT2D eigenvalue weighted by Crippen LogP contribution is -2.15. The number of aliphatic imine (C=N–C) groups is 1. The minimum atomic E-state index is 0.578. The molecule has 134 valence electrons. The van der Waals surface area contributed by atoms with Crippen LogP contribution in [0.25, 0.3) is 10.2 Å². The molecule has 2 heterocycles. The average Bonchev–Trinajstić information content (AvgIpc) is 2.97. The lowest BCUT2D eigenvalue weighted by Gasteiger charge is -2.15. The molecule has 0 aliphatic carbocycles. The molecule has 7 heteroatoms. The summed E-state index contributed by atoms with van der Waals surface area (Å²) < 4.78 is 0. The maximum Gasteiger partial charge on any atom is 0.162 e. The Bertz CT molecular complexity index is 967. The summed E-state index contributed by atoms with van der Waals surface area (Å²) >= 11 is 7.39. The van der Waals surface area contributed by atoms with E-state index in [1.807, 2.05) is 61.3 Å². The molecule has 0 saturated carbocycles. The standard InChI is InChI=1S/C19H19ClN4OS/c1-23(2)15-7-8-21-19-17(15)18(16(11-25)26-19)22-12-24(3)10-13-5-4-6-14(20)9-13/h4-9,11-12H,10H2,1-3H3. The summed E-state index contributed by atoms with van der Waals surface area (Å²) in [4.78, 5) is 25.9. The van der Waals surface area contributed by atoms with Gasteiger partial charge in [-0.25, -0.2) is 9.98 Å². The first kappa shape index (κ1) is 18.4. The molecule has 0 fully saturated rings. The second-order valence-corrected chi connectivity index (χ2v) is 7.59. The van der Waals surface area contributed by atoms with Gasteiger partial charge >= 0.3 is 0 Å². The van der Waals surface area contributed by atoms with Gasteiger partial charge in [-0.15, -0.1) is 11.3 Å². The van der Waals surface area contributed by atoms with Gasteiger partial charge in [0.2, 0.25) is 0 Å². The Balaban J connectivity index is 1.94. The van der Waals surface area contributed by atoms with E-state index >= 15 is 0 Å². The van der Waals surface area contributed by atoms with Crippen molar-refractivity contribution in [3.05, 3.63) is 52.0 Å². The third kappa shape index (κ3) is 3.86. The number of anilines is 1. The highest BCUT2D eigenvalue weighted by atomic mass is 35.5. The monoisotopic (exact) mass is 386 g/mol. The fraction of sp³-hybridized carbons (Fsp3) is 0.211. The minimum absolute atomic E-state index is 0.578. The van der Waals surface area contributed by atoms with Crippen molar-refractivity contribution in [1.82, 2.24) is 9.88 Å². The first-order chi connectivity index (χ1) is 12.5. The number of nitrogens with zero attached hydrogens (tertiary/aromatic N) is 4. The van der Waals surface area contributed by atoms with Gasteiger partial charge in [-0.05, 0) is 23.8 Å². The highest BCUT2D eigenvalue weighted by Crippen LogP contribution is 2.40. The van der Waals surface area contributed by atoms with Crippen LogP contribution in [0.1, 0.15) is 15.2 Å². The number of hydrogen-bond donors (Lipinski definition) is 0. The Labute approximate surface area is 161 Å². The first-order valence-electron chi connectivity index (χ1n) is 8.02. The lowest BCUT2D eigenvalue weighted by molar-refractivity contribution is 0.112. The fourth-order valence-corrected chi connectivity index (χ4v) is 3.85. The van der Waals surface area contributed by atoms with E-state index < -0.39 is 0 Å². The summed E-state index contributed by atoms with van der Waals surface area (Å²) in [6.07, 6.45) is 4.33. The van der Waals surface area contributed by atoms with Crippen LogP contribution in [0.2, 0.25) is 5.02 Å². The van der Waals surface area contributed by atoms with Crippen LogP contribution in [0.15, 0.2) is 41.5 Å². The normalized spacial score (nSPS) is 11.2. The van der Waals surface area contributed by atoms with E-state index in [1.165, 1.54) is 11.3 Å². The van der Waals surface area contributed by atoms with Crippen molar-refractivity contribution in [1.29, 1.82) is 0 Å².